The predicted octanol–water partition coefficient (Wildman–Crippen LogP) is 1.61. The van der Waals surface area contributed by atoms with Gasteiger partial charge in [0, 0.05) is 12.6 Å². The first-order chi connectivity index (χ1) is 4.77. The molecule has 2 heteroatoms. The van der Waals surface area contributed by atoms with Gasteiger partial charge < -0.3 is 11.1 Å². The Morgan fingerprint density at radius 3 is 1.50 bits per heavy atom. The van der Waals surface area contributed by atoms with Crippen molar-refractivity contribution in [2.75, 3.05) is 13.6 Å². The van der Waals surface area contributed by atoms with Gasteiger partial charge in [0.15, 0.2) is 0 Å². The van der Waals surface area contributed by atoms with Crippen LogP contribution in [0.1, 0.15) is 34.6 Å². The van der Waals surface area contributed by atoms with Crippen molar-refractivity contribution < 1.29 is 0 Å². The van der Waals surface area contributed by atoms with E-state index in [9.17, 15) is 0 Å². The molecule has 0 fully saturated rings. The van der Waals surface area contributed by atoms with E-state index in [-0.39, 0.29) is 6.04 Å². The minimum absolute atomic E-state index is 0.287. The number of nitrogens with two attached hydrogens (primary N) is 1. The van der Waals surface area contributed by atoms with Gasteiger partial charge in [-0.1, -0.05) is 27.7 Å². The molecule has 0 bridgehead atoms. The lowest BCUT2D eigenvalue weighted by atomic mass is 10.4. The molecule has 0 aromatic rings. The maximum Gasteiger partial charge on any atom is 0.0136 e. The predicted molar refractivity (Wildman–Crippen MR) is 50.3 cm³/mol. The molecule has 0 radical (unpaired) electrons. The van der Waals surface area contributed by atoms with Gasteiger partial charge in [-0.15, -0.1) is 0 Å². The van der Waals surface area contributed by atoms with Crippen LogP contribution in [0, 0.1) is 0 Å². The van der Waals surface area contributed by atoms with E-state index in [0.29, 0.717) is 0 Å². The summed E-state index contributed by atoms with van der Waals surface area (Å²) in [6, 6.07) is 0.287. The van der Waals surface area contributed by atoms with Gasteiger partial charge >= 0.3 is 0 Å². The van der Waals surface area contributed by atoms with Crippen molar-refractivity contribution in [3.05, 3.63) is 0 Å². The van der Waals surface area contributed by atoms with Crippen LogP contribution >= 0.6 is 0 Å². The molecule has 1 unspecified atom stereocenters. The van der Waals surface area contributed by atoms with E-state index >= 15 is 0 Å². The zero-order valence-corrected chi connectivity index (χ0v) is 8.36. The summed E-state index contributed by atoms with van der Waals surface area (Å²) in [4.78, 5) is 0. The van der Waals surface area contributed by atoms with Crippen LogP contribution in [0.4, 0.5) is 0 Å². The second-order valence-electron chi connectivity index (χ2n) is 1.53. The molecule has 0 aliphatic rings. The number of nitrogens with one attached hydrogen (secondary N) is 1. The highest BCUT2D eigenvalue weighted by Gasteiger charge is 1.84. The van der Waals surface area contributed by atoms with Crippen LogP contribution in [-0.4, -0.2) is 19.6 Å². The lowest BCUT2D eigenvalue weighted by Crippen LogP contribution is -2.28. The Hall–Kier alpha value is -0.0800. The van der Waals surface area contributed by atoms with Crippen molar-refractivity contribution >= 4 is 0 Å². The normalized spacial score (nSPS) is 9.90. The van der Waals surface area contributed by atoms with Crippen LogP contribution in [0.3, 0.4) is 0 Å². The molecule has 66 valence electrons. The molecule has 0 rings (SSSR count). The van der Waals surface area contributed by atoms with Gasteiger partial charge in [0.05, 0.1) is 0 Å². The third-order valence-corrected chi connectivity index (χ3v) is 0.526. The molecular formula is C8H24N2. The summed E-state index contributed by atoms with van der Waals surface area (Å²) in [5.41, 5.74) is 5.34. The molecule has 0 saturated heterocycles. The Morgan fingerprint density at radius 1 is 1.20 bits per heavy atom. The van der Waals surface area contributed by atoms with Gasteiger partial charge in [-0.25, -0.2) is 0 Å². The van der Waals surface area contributed by atoms with Crippen LogP contribution in [0.15, 0.2) is 0 Å². The number of rotatable bonds is 2. The van der Waals surface area contributed by atoms with E-state index < -0.39 is 0 Å². The Labute approximate surface area is 66.2 Å². The Balaban J connectivity index is -0.000000105. The highest BCUT2D eigenvalue weighted by atomic mass is 14.8. The molecule has 3 N–H and O–H groups in total. The quantitative estimate of drug-likeness (QED) is 0.624. The fraction of sp³-hybridized carbons (Fsp3) is 1.00. The molecule has 0 aliphatic carbocycles. The second kappa shape index (κ2) is 23.1. The second-order valence-corrected chi connectivity index (χ2v) is 1.53. The van der Waals surface area contributed by atoms with Crippen LogP contribution in [0.25, 0.3) is 0 Å². The first-order valence-corrected chi connectivity index (χ1v) is 4.17. The van der Waals surface area contributed by atoms with E-state index in [1.54, 1.807) is 0 Å². The van der Waals surface area contributed by atoms with Gasteiger partial charge in [0.2, 0.25) is 0 Å². The molecule has 0 saturated carbocycles. The monoisotopic (exact) mass is 148 g/mol. The average Bonchev–Trinajstić information content (AvgIpc) is 1.96. The Morgan fingerprint density at radius 2 is 1.50 bits per heavy atom. The first-order valence-electron chi connectivity index (χ1n) is 4.17. The van der Waals surface area contributed by atoms with E-state index in [1.165, 1.54) is 0 Å². The van der Waals surface area contributed by atoms with Gasteiger partial charge in [0.25, 0.3) is 0 Å². The van der Waals surface area contributed by atoms with Gasteiger partial charge in [-0.2, -0.15) is 0 Å². The summed E-state index contributed by atoms with van der Waals surface area (Å²) in [5.74, 6) is 0. The minimum Gasteiger partial charge on any atom is -0.327 e. The summed E-state index contributed by atoms with van der Waals surface area (Å²) in [6.45, 7) is 10.9. The fourth-order valence-corrected chi connectivity index (χ4v) is 0.322. The lowest BCUT2D eigenvalue weighted by molar-refractivity contribution is 0.666. The number of hydrogen-bond donors (Lipinski definition) is 2. The summed E-state index contributed by atoms with van der Waals surface area (Å²) in [6.07, 6.45) is 0. The van der Waals surface area contributed by atoms with Crippen LogP contribution in [0.5, 0.6) is 0 Å². The van der Waals surface area contributed by atoms with Crippen molar-refractivity contribution in [1.82, 2.24) is 5.32 Å². The summed E-state index contributed by atoms with van der Waals surface area (Å²) in [5, 5.41) is 2.94. The highest BCUT2D eigenvalue weighted by Crippen LogP contribution is 1.63. The molecule has 0 aromatic carbocycles. The molecule has 0 spiro atoms. The van der Waals surface area contributed by atoms with Crippen molar-refractivity contribution in [2.24, 2.45) is 5.73 Å². The highest BCUT2D eigenvalue weighted by molar-refractivity contribution is 4.51. The maximum atomic E-state index is 5.34. The fourth-order valence-electron chi connectivity index (χ4n) is 0.322. The van der Waals surface area contributed by atoms with Crippen LogP contribution < -0.4 is 11.1 Å². The topological polar surface area (TPSA) is 38.0 Å². The molecule has 0 aliphatic heterocycles. The largest absolute Gasteiger partial charge is 0.327 e. The average molecular weight is 148 g/mol. The smallest absolute Gasteiger partial charge is 0.0136 e. The van der Waals surface area contributed by atoms with Crippen LogP contribution in [0.2, 0.25) is 0 Å². The molecule has 0 amide bonds. The van der Waals surface area contributed by atoms with Crippen molar-refractivity contribution in [3.8, 4) is 0 Å². The van der Waals surface area contributed by atoms with E-state index in [2.05, 4.69) is 5.32 Å². The molecule has 2 nitrogen and oxygen atoms in total. The van der Waals surface area contributed by atoms with E-state index in [1.807, 2.05) is 41.7 Å². The van der Waals surface area contributed by atoms with Gasteiger partial charge in [0.1, 0.15) is 0 Å². The number of hydrogen-bond acceptors (Lipinski definition) is 2. The Bertz CT molecular complexity index is 28.4. The third-order valence-electron chi connectivity index (χ3n) is 0.526. The lowest BCUT2D eigenvalue weighted by Gasteiger charge is -1.99. The summed E-state index contributed by atoms with van der Waals surface area (Å²) >= 11 is 0. The molecule has 10 heavy (non-hydrogen) atoms. The third kappa shape index (κ3) is 44.5. The standard InChI is InChI=1S/C4H12N2.2C2H6/c1-4(5)3-6-2;2*1-2/h4,6H,3,5H2,1-2H3;2*1-2H3. The molecule has 0 aromatic heterocycles. The molecular weight excluding hydrogens is 124 g/mol. The maximum absolute atomic E-state index is 5.34. The van der Waals surface area contributed by atoms with Gasteiger partial charge in [-0.05, 0) is 14.0 Å². The Kier molecular flexibility index (Phi) is 38.1. The van der Waals surface area contributed by atoms with Crippen LogP contribution in [-0.2, 0) is 0 Å². The van der Waals surface area contributed by atoms with Gasteiger partial charge in [-0.3, -0.25) is 0 Å². The first kappa shape index (κ1) is 16.5. The van der Waals surface area contributed by atoms with E-state index in [0.717, 1.165) is 6.54 Å². The number of likely N-dealkylation sites (N-methyl/N-ethyl adjacent to an activating group) is 1. The zero-order chi connectivity index (χ0) is 8.99. The summed E-state index contributed by atoms with van der Waals surface area (Å²) < 4.78 is 0. The van der Waals surface area contributed by atoms with E-state index in [4.69, 9.17) is 5.73 Å². The zero-order valence-electron chi connectivity index (χ0n) is 8.36. The molecule has 1 atom stereocenters. The van der Waals surface area contributed by atoms with Crippen molar-refractivity contribution in [2.45, 2.75) is 40.7 Å². The molecule has 0 heterocycles. The SMILES string of the molecule is CC.CC.CNCC(C)N. The minimum atomic E-state index is 0.287. The van der Waals surface area contributed by atoms with Crippen molar-refractivity contribution in [1.29, 1.82) is 0 Å². The van der Waals surface area contributed by atoms with Crippen molar-refractivity contribution in [3.63, 3.8) is 0 Å². The summed E-state index contributed by atoms with van der Waals surface area (Å²) in [7, 11) is 1.89.